The molecule has 0 aliphatic carbocycles. The second-order valence-corrected chi connectivity index (χ2v) is 8.17. The first-order valence-electron chi connectivity index (χ1n) is 10.9. The van der Waals surface area contributed by atoms with Gasteiger partial charge in [0.15, 0.2) is 11.6 Å². The molecule has 1 atom stereocenters. The van der Waals surface area contributed by atoms with Gasteiger partial charge >= 0.3 is 12.0 Å². The third-order valence-corrected chi connectivity index (χ3v) is 5.89. The van der Waals surface area contributed by atoms with Crippen LogP contribution in [0.25, 0.3) is 5.82 Å². The Bertz CT molecular complexity index is 1340. The quantitative estimate of drug-likeness (QED) is 0.584. The first-order chi connectivity index (χ1) is 17.3. The van der Waals surface area contributed by atoms with Crippen molar-refractivity contribution in [2.75, 3.05) is 31.1 Å². The Balaban J connectivity index is 1.27. The van der Waals surface area contributed by atoms with Crippen molar-refractivity contribution in [3.63, 3.8) is 0 Å². The lowest BCUT2D eigenvalue weighted by Gasteiger charge is -2.37. The number of hydrogen-bond acceptors (Lipinski definition) is 7. The van der Waals surface area contributed by atoms with Crippen LogP contribution in [-0.2, 0) is 0 Å². The maximum absolute atomic E-state index is 14.3. The maximum atomic E-state index is 14.3. The van der Waals surface area contributed by atoms with Crippen LogP contribution in [0.4, 0.5) is 23.9 Å². The van der Waals surface area contributed by atoms with Crippen LogP contribution >= 0.6 is 0 Å². The summed E-state index contributed by atoms with van der Waals surface area (Å²) in [5, 5.41) is 18.2. The molecule has 0 bridgehead atoms. The minimum absolute atomic E-state index is 0.120. The molecule has 2 amide bonds. The summed E-state index contributed by atoms with van der Waals surface area (Å²) in [6.07, 6.45) is 5.06. The number of rotatable bonds is 4. The number of carboxylic acids is 1. The molecular weight excluding hydrogens is 481 g/mol. The number of piperazine rings is 1. The number of urea groups is 1. The highest BCUT2D eigenvalue weighted by molar-refractivity contribution is 5.87. The highest BCUT2D eigenvalue weighted by Gasteiger charge is 2.34. The first kappa shape index (κ1) is 23.3. The second-order valence-electron chi connectivity index (χ2n) is 8.17. The number of anilines is 1. The zero-order valence-corrected chi connectivity index (χ0v) is 18.6. The zero-order valence-electron chi connectivity index (χ0n) is 18.6. The van der Waals surface area contributed by atoms with E-state index >= 15 is 0 Å². The fraction of sp³-hybridized carbons (Fsp3) is 0.273. The monoisotopic (exact) mass is 500 g/mol. The standard InChI is InChI=1S/C22H19F3N8O3/c23-15-7-13(8-16(24)9-15)18-1-2-27-33(18)22(36)31-5-3-30(4-6-31)21-26-11-17(25)19(29-21)32-12-14(10-28-32)20(34)35/h2,7-12,18H,1,3-6H2,(H,34,35)/t18-/m0/s1. The molecule has 14 heteroatoms. The van der Waals surface area contributed by atoms with E-state index in [0.29, 0.717) is 25.1 Å². The molecule has 2 aromatic heterocycles. The predicted octanol–water partition coefficient (Wildman–Crippen LogP) is 2.45. The molecule has 1 N–H and O–H groups in total. The molecule has 5 rings (SSSR count). The van der Waals surface area contributed by atoms with Crippen molar-refractivity contribution in [2.45, 2.75) is 12.5 Å². The summed E-state index contributed by atoms with van der Waals surface area (Å²) < 4.78 is 42.7. The summed E-state index contributed by atoms with van der Waals surface area (Å²) in [6.45, 7) is 1.20. The van der Waals surface area contributed by atoms with E-state index in [9.17, 15) is 22.8 Å². The highest BCUT2D eigenvalue weighted by Crippen LogP contribution is 2.30. The minimum Gasteiger partial charge on any atom is -0.478 e. The largest absolute Gasteiger partial charge is 0.478 e. The summed E-state index contributed by atoms with van der Waals surface area (Å²) in [5.41, 5.74) is 0.194. The van der Waals surface area contributed by atoms with E-state index in [1.54, 1.807) is 9.80 Å². The number of amides is 2. The number of hydrazone groups is 1. The summed E-state index contributed by atoms with van der Waals surface area (Å²) in [4.78, 5) is 35.7. The molecule has 2 aliphatic heterocycles. The topological polar surface area (TPSA) is 120 Å². The molecule has 3 aromatic rings. The molecule has 0 unspecified atom stereocenters. The average Bonchev–Trinajstić information content (AvgIpc) is 3.54. The SMILES string of the molecule is O=C(O)c1cnn(-c2nc(N3CCN(C(=O)N4N=CC[C@H]4c4cc(F)cc(F)c4)CC3)ncc2F)c1. The Hall–Kier alpha value is -4.49. The van der Waals surface area contributed by atoms with E-state index in [0.717, 1.165) is 29.3 Å². The number of carbonyl (C=O) groups is 2. The number of halogens is 3. The van der Waals surface area contributed by atoms with Crippen LogP contribution in [0.5, 0.6) is 0 Å². The van der Waals surface area contributed by atoms with Crippen LogP contribution in [0, 0.1) is 17.5 Å². The fourth-order valence-electron chi connectivity index (χ4n) is 4.10. The van der Waals surface area contributed by atoms with Crippen LogP contribution < -0.4 is 4.90 Å². The Morgan fingerprint density at radius 1 is 1.00 bits per heavy atom. The van der Waals surface area contributed by atoms with Gasteiger partial charge in [-0.25, -0.2) is 37.4 Å². The van der Waals surface area contributed by atoms with Gasteiger partial charge in [0.05, 0.1) is 24.0 Å². The second kappa shape index (κ2) is 9.28. The number of carbonyl (C=O) groups excluding carboxylic acids is 1. The van der Waals surface area contributed by atoms with Gasteiger partial charge in [0.25, 0.3) is 0 Å². The molecule has 1 saturated heterocycles. The molecule has 36 heavy (non-hydrogen) atoms. The Morgan fingerprint density at radius 3 is 2.39 bits per heavy atom. The molecule has 0 spiro atoms. The Labute approximate surface area is 202 Å². The van der Waals surface area contributed by atoms with Gasteiger partial charge < -0.3 is 14.9 Å². The molecule has 0 radical (unpaired) electrons. The predicted molar refractivity (Wildman–Crippen MR) is 119 cm³/mol. The molecule has 1 fully saturated rings. The van der Waals surface area contributed by atoms with Gasteiger partial charge in [-0.3, -0.25) is 0 Å². The lowest BCUT2D eigenvalue weighted by molar-refractivity contribution is 0.0696. The van der Waals surface area contributed by atoms with Crippen molar-refractivity contribution >= 4 is 24.2 Å². The van der Waals surface area contributed by atoms with E-state index < -0.39 is 35.5 Å². The minimum atomic E-state index is -1.20. The van der Waals surface area contributed by atoms with Gasteiger partial charge in [0, 0.05) is 51.1 Å². The highest BCUT2D eigenvalue weighted by atomic mass is 19.1. The number of aromatic nitrogens is 4. The summed E-state index contributed by atoms with van der Waals surface area (Å²) in [5.74, 6) is -3.46. The summed E-state index contributed by atoms with van der Waals surface area (Å²) in [7, 11) is 0. The van der Waals surface area contributed by atoms with Gasteiger partial charge in [-0.2, -0.15) is 15.2 Å². The van der Waals surface area contributed by atoms with Gasteiger partial charge in [0.1, 0.15) is 11.6 Å². The van der Waals surface area contributed by atoms with Crippen molar-refractivity contribution in [1.29, 1.82) is 0 Å². The van der Waals surface area contributed by atoms with Gasteiger partial charge in [-0.1, -0.05) is 0 Å². The van der Waals surface area contributed by atoms with E-state index in [1.807, 2.05) is 0 Å². The molecule has 186 valence electrons. The molecule has 11 nitrogen and oxygen atoms in total. The third-order valence-electron chi connectivity index (χ3n) is 5.89. The van der Waals surface area contributed by atoms with Crippen LogP contribution in [0.15, 0.2) is 41.9 Å². The molecule has 1 aromatic carbocycles. The number of benzene rings is 1. The van der Waals surface area contributed by atoms with Gasteiger partial charge in [0.2, 0.25) is 5.95 Å². The number of carboxylic acid groups (broad SMARTS) is 1. The van der Waals surface area contributed by atoms with E-state index in [1.165, 1.54) is 23.4 Å². The first-order valence-corrected chi connectivity index (χ1v) is 10.9. The number of aromatic carboxylic acids is 1. The molecule has 0 saturated carbocycles. The van der Waals surface area contributed by atoms with Crippen LogP contribution in [0.3, 0.4) is 0 Å². The van der Waals surface area contributed by atoms with Gasteiger partial charge in [-0.05, 0) is 17.7 Å². The van der Waals surface area contributed by atoms with Gasteiger partial charge in [-0.15, -0.1) is 0 Å². The molecular formula is C22H19F3N8O3. The van der Waals surface area contributed by atoms with E-state index in [-0.39, 0.29) is 30.4 Å². The van der Waals surface area contributed by atoms with Crippen molar-refractivity contribution < 1.29 is 27.9 Å². The van der Waals surface area contributed by atoms with Crippen LogP contribution in [-0.4, -0.2) is 79.2 Å². The van der Waals surface area contributed by atoms with Crippen LogP contribution in [0.1, 0.15) is 28.4 Å². The lowest BCUT2D eigenvalue weighted by Crippen LogP contribution is -2.52. The molecule has 4 heterocycles. The number of nitrogens with zero attached hydrogens (tertiary/aromatic N) is 8. The summed E-state index contributed by atoms with van der Waals surface area (Å²) >= 11 is 0. The smallest absolute Gasteiger partial charge is 0.341 e. The summed E-state index contributed by atoms with van der Waals surface area (Å²) in [6, 6.07) is 2.11. The average molecular weight is 500 g/mol. The normalized spacial score (nSPS) is 17.6. The van der Waals surface area contributed by atoms with E-state index in [2.05, 4.69) is 20.2 Å². The maximum Gasteiger partial charge on any atom is 0.341 e. The fourth-order valence-corrected chi connectivity index (χ4v) is 4.10. The Morgan fingerprint density at radius 2 is 1.72 bits per heavy atom. The number of hydrogen-bond donors (Lipinski definition) is 1. The Kier molecular flexibility index (Phi) is 6.00. The third kappa shape index (κ3) is 4.44. The van der Waals surface area contributed by atoms with Crippen LogP contribution in [0.2, 0.25) is 0 Å². The lowest BCUT2D eigenvalue weighted by atomic mass is 10.0. The van der Waals surface area contributed by atoms with Crippen molar-refractivity contribution in [2.24, 2.45) is 5.10 Å². The van der Waals surface area contributed by atoms with Crippen molar-refractivity contribution in [3.8, 4) is 5.82 Å². The van der Waals surface area contributed by atoms with E-state index in [4.69, 9.17) is 5.11 Å². The van der Waals surface area contributed by atoms with Crippen molar-refractivity contribution in [3.05, 3.63) is 65.4 Å². The van der Waals surface area contributed by atoms with Crippen molar-refractivity contribution in [1.82, 2.24) is 29.7 Å². The molecule has 2 aliphatic rings. The zero-order chi connectivity index (χ0) is 25.4.